The Balaban J connectivity index is 1.34. The molecule has 4 fully saturated rings. The van der Waals surface area contributed by atoms with Crippen LogP contribution in [0.3, 0.4) is 0 Å². The van der Waals surface area contributed by atoms with Crippen LogP contribution in [0.4, 0.5) is 9.59 Å². The van der Waals surface area contributed by atoms with Gasteiger partial charge in [0.1, 0.15) is 5.60 Å². The predicted molar refractivity (Wildman–Crippen MR) is 101 cm³/mol. The Morgan fingerprint density at radius 1 is 1.19 bits per heavy atom. The molecule has 4 aliphatic rings. The molecule has 1 aliphatic carbocycles. The molecule has 7 heteroatoms. The normalized spacial score (nSPS) is 35.7. The first-order chi connectivity index (χ1) is 12.9. The van der Waals surface area contributed by atoms with E-state index < -0.39 is 6.09 Å². The standard InChI is InChI=1S/C20H33N3O4/c1-3-8-23-14-20(27-18(23)26)6-10-21(11-7-20)16-12-19(15(16)4-2)5-9-22(13-19)17(24)25/h15-16H,3-14H2,1-2H3,(H,24,25). The van der Waals surface area contributed by atoms with Crippen LogP contribution in [0.2, 0.25) is 0 Å². The number of hydrogen-bond acceptors (Lipinski definition) is 4. The number of nitrogens with zero attached hydrogens (tertiary/aromatic N) is 3. The third-order valence-corrected chi connectivity index (χ3v) is 7.68. The van der Waals surface area contributed by atoms with Gasteiger partial charge in [-0.05, 0) is 30.6 Å². The molecule has 0 aromatic rings. The molecular formula is C20H33N3O4. The van der Waals surface area contributed by atoms with E-state index in [2.05, 4.69) is 18.7 Å². The van der Waals surface area contributed by atoms with Gasteiger partial charge < -0.3 is 19.6 Å². The van der Waals surface area contributed by atoms with Gasteiger partial charge in [0.05, 0.1) is 6.54 Å². The van der Waals surface area contributed by atoms with Crippen LogP contribution >= 0.6 is 0 Å². The van der Waals surface area contributed by atoms with Crippen LogP contribution in [0.15, 0.2) is 0 Å². The van der Waals surface area contributed by atoms with E-state index in [4.69, 9.17) is 4.74 Å². The Bertz CT molecular complexity index is 604. The SMILES string of the molecule is CCCN1CC2(CCN(C3CC4(CCN(C(=O)O)C4)C3CC)CC2)OC1=O. The van der Waals surface area contributed by atoms with E-state index in [9.17, 15) is 14.7 Å². The molecule has 2 amide bonds. The molecule has 0 bridgehead atoms. The van der Waals surface area contributed by atoms with E-state index in [1.165, 1.54) is 0 Å². The van der Waals surface area contributed by atoms with Gasteiger partial charge in [-0.25, -0.2) is 9.59 Å². The van der Waals surface area contributed by atoms with Crippen molar-refractivity contribution < 1.29 is 19.4 Å². The molecule has 3 heterocycles. The molecule has 27 heavy (non-hydrogen) atoms. The molecule has 7 nitrogen and oxygen atoms in total. The first kappa shape index (κ1) is 18.8. The number of piperidine rings is 1. The second-order valence-corrected chi connectivity index (χ2v) is 9.11. The van der Waals surface area contributed by atoms with Gasteiger partial charge in [-0.1, -0.05) is 20.3 Å². The molecule has 4 rings (SSSR count). The zero-order valence-electron chi connectivity index (χ0n) is 16.7. The number of carbonyl (C=O) groups excluding carboxylic acids is 1. The fourth-order valence-electron chi connectivity index (χ4n) is 6.23. The van der Waals surface area contributed by atoms with Crippen LogP contribution in [0, 0.1) is 11.3 Å². The van der Waals surface area contributed by atoms with Gasteiger partial charge in [0.15, 0.2) is 0 Å². The second-order valence-electron chi connectivity index (χ2n) is 9.11. The third kappa shape index (κ3) is 3.08. The summed E-state index contributed by atoms with van der Waals surface area (Å²) in [7, 11) is 0. The number of carbonyl (C=O) groups is 2. The van der Waals surface area contributed by atoms with Gasteiger partial charge in [0, 0.05) is 51.6 Å². The summed E-state index contributed by atoms with van der Waals surface area (Å²) in [6.45, 7) is 9.21. The minimum atomic E-state index is -0.773. The average molecular weight is 380 g/mol. The van der Waals surface area contributed by atoms with Gasteiger partial charge in [-0.2, -0.15) is 0 Å². The number of hydrogen-bond donors (Lipinski definition) is 1. The van der Waals surface area contributed by atoms with Crippen molar-refractivity contribution in [3.8, 4) is 0 Å². The van der Waals surface area contributed by atoms with Crippen molar-refractivity contribution in [3.05, 3.63) is 0 Å². The van der Waals surface area contributed by atoms with E-state index in [-0.39, 0.29) is 17.1 Å². The summed E-state index contributed by atoms with van der Waals surface area (Å²) in [6, 6.07) is 0.560. The van der Waals surface area contributed by atoms with Crippen molar-refractivity contribution in [2.45, 2.75) is 64.0 Å². The fourth-order valence-corrected chi connectivity index (χ4v) is 6.23. The summed E-state index contributed by atoms with van der Waals surface area (Å²) < 4.78 is 5.81. The number of ether oxygens (including phenoxy) is 1. The highest BCUT2D eigenvalue weighted by Crippen LogP contribution is 2.56. The molecule has 3 atom stereocenters. The molecule has 0 aromatic heterocycles. The zero-order valence-corrected chi connectivity index (χ0v) is 16.7. The van der Waals surface area contributed by atoms with Crippen molar-refractivity contribution >= 4 is 12.2 Å². The summed E-state index contributed by atoms with van der Waals surface area (Å²) in [4.78, 5) is 29.5. The lowest BCUT2D eigenvalue weighted by Crippen LogP contribution is -2.62. The highest BCUT2D eigenvalue weighted by molar-refractivity contribution is 5.70. The fraction of sp³-hybridized carbons (Fsp3) is 0.900. The number of amides is 2. The quantitative estimate of drug-likeness (QED) is 0.813. The van der Waals surface area contributed by atoms with E-state index in [0.717, 1.165) is 64.7 Å². The van der Waals surface area contributed by atoms with Crippen LogP contribution in [-0.4, -0.2) is 82.9 Å². The van der Waals surface area contributed by atoms with Gasteiger partial charge in [0.2, 0.25) is 0 Å². The van der Waals surface area contributed by atoms with Crippen LogP contribution in [0.5, 0.6) is 0 Å². The third-order valence-electron chi connectivity index (χ3n) is 7.68. The van der Waals surface area contributed by atoms with Crippen molar-refractivity contribution in [2.75, 3.05) is 39.3 Å². The second kappa shape index (κ2) is 6.83. The van der Waals surface area contributed by atoms with Crippen LogP contribution in [-0.2, 0) is 4.74 Å². The molecule has 1 saturated carbocycles. The van der Waals surface area contributed by atoms with E-state index in [1.54, 1.807) is 4.90 Å². The zero-order chi connectivity index (χ0) is 19.2. The van der Waals surface area contributed by atoms with E-state index in [1.807, 2.05) is 4.90 Å². The smallest absolute Gasteiger partial charge is 0.410 e. The lowest BCUT2D eigenvalue weighted by atomic mass is 9.54. The average Bonchev–Trinajstić information content (AvgIpc) is 3.19. The van der Waals surface area contributed by atoms with Crippen molar-refractivity contribution in [1.29, 1.82) is 0 Å². The number of likely N-dealkylation sites (tertiary alicyclic amines) is 2. The van der Waals surface area contributed by atoms with Gasteiger partial charge in [-0.3, -0.25) is 4.90 Å². The Labute approximate surface area is 161 Å². The van der Waals surface area contributed by atoms with Crippen LogP contribution in [0.25, 0.3) is 0 Å². The van der Waals surface area contributed by atoms with Gasteiger partial charge in [0.25, 0.3) is 0 Å². The first-order valence-corrected chi connectivity index (χ1v) is 10.6. The molecule has 152 valence electrons. The van der Waals surface area contributed by atoms with Crippen LogP contribution in [0.1, 0.15) is 52.4 Å². The molecule has 2 spiro atoms. The summed E-state index contributed by atoms with van der Waals surface area (Å²) in [6.07, 6.45) is 5.12. The van der Waals surface area contributed by atoms with Crippen molar-refractivity contribution in [3.63, 3.8) is 0 Å². The topological polar surface area (TPSA) is 73.3 Å². The summed E-state index contributed by atoms with van der Waals surface area (Å²) in [5.41, 5.74) is -0.0793. The lowest BCUT2D eigenvalue weighted by Gasteiger charge is -2.58. The van der Waals surface area contributed by atoms with Crippen molar-refractivity contribution in [1.82, 2.24) is 14.7 Å². The monoisotopic (exact) mass is 379 g/mol. The summed E-state index contributed by atoms with van der Waals surface area (Å²) >= 11 is 0. The molecule has 3 aliphatic heterocycles. The lowest BCUT2D eigenvalue weighted by molar-refractivity contribution is -0.0977. The molecule has 3 saturated heterocycles. The largest absolute Gasteiger partial charge is 0.465 e. The van der Waals surface area contributed by atoms with Gasteiger partial charge in [-0.15, -0.1) is 0 Å². The summed E-state index contributed by atoms with van der Waals surface area (Å²) in [5, 5.41) is 9.31. The molecular weight excluding hydrogens is 346 g/mol. The van der Waals surface area contributed by atoms with Gasteiger partial charge >= 0.3 is 12.2 Å². The molecule has 3 unspecified atom stereocenters. The highest BCUT2D eigenvalue weighted by Gasteiger charge is 2.59. The maximum atomic E-state index is 12.1. The summed E-state index contributed by atoms with van der Waals surface area (Å²) in [5.74, 6) is 0.582. The van der Waals surface area contributed by atoms with Crippen LogP contribution < -0.4 is 0 Å². The number of rotatable bonds is 4. The molecule has 0 radical (unpaired) electrons. The molecule has 1 N–H and O–H groups in total. The van der Waals surface area contributed by atoms with Crippen molar-refractivity contribution in [2.24, 2.45) is 11.3 Å². The Kier molecular flexibility index (Phi) is 4.77. The Morgan fingerprint density at radius 3 is 2.52 bits per heavy atom. The minimum absolute atomic E-state index is 0.140. The highest BCUT2D eigenvalue weighted by atomic mass is 16.6. The maximum Gasteiger partial charge on any atom is 0.410 e. The Morgan fingerprint density at radius 2 is 1.93 bits per heavy atom. The predicted octanol–water partition coefficient (Wildman–Crippen LogP) is 2.85. The maximum absolute atomic E-state index is 12.1. The Hall–Kier alpha value is -1.50. The van der Waals surface area contributed by atoms with E-state index in [0.29, 0.717) is 25.0 Å². The molecule has 0 aromatic carbocycles. The number of carboxylic acid groups (broad SMARTS) is 1. The minimum Gasteiger partial charge on any atom is -0.465 e. The van der Waals surface area contributed by atoms with E-state index >= 15 is 0 Å². The first-order valence-electron chi connectivity index (χ1n) is 10.6.